The molecule has 0 N–H and O–H groups in total. The molecule has 194 valence electrons. The van der Waals surface area contributed by atoms with Gasteiger partial charge in [-0.15, -0.1) is 0 Å². The van der Waals surface area contributed by atoms with Crippen LogP contribution in [0, 0.1) is 5.92 Å². The van der Waals surface area contributed by atoms with Crippen molar-refractivity contribution >= 4 is 22.6 Å². The van der Waals surface area contributed by atoms with Gasteiger partial charge < -0.3 is 0 Å². The zero-order valence-corrected chi connectivity index (χ0v) is 17.5. The molecule has 0 aliphatic rings. The van der Waals surface area contributed by atoms with Gasteiger partial charge in [-0.3, -0.25) is 0 Å². The van der Waals surface area contributed by atoms with E-state index in [9.17, 15) is 74.6 Å². The topological polar surface area (TPSA) is 0 Å². The summed E-state index contributed by atoms with van der Waals surface area (Å²) in [6, 6.07) is 0. The Kier molecular flexibility index (Phi) is 8.52. The smallest absolute Gasteiger partial charge is 0.199 e. The summed E-state index contributed by atoms with van der Waals surface area (Å²) < 4.78 is 223. The highest BCUT2D eigenvalue weighted by molar-refractivity contribution is 14.1. The number of halogens is 18. The SMILES string of the molecule is CCCC(I)C(C)C(F)(F)C(F)(F)C(F)(F)C(F)(F)C(F)(F)C(F)(F)C(F)(F)C(F)(F)F. The zero-order chi connectivity index (χ0) is 26.6. The van der Waals surface area contributed by atoms with Crippen LogP contribution in [0.15, 0.2) is 0 Å². The Hall–Kier alpha value is -0.460. The van der Waals surface area contributed by atoms with Crippen LogP contribution < -0.4 is 0 Å². The molecular weight excluding hydrogens is 618 g/mol. The van der Waals surface area contributed by atoms with E-state index in [1.807, 2.05) is 0 Å². The Morgan fingerprint density at radius 1 is 0.531 bits per heavy atom. The first-order valence-electron chi connectivity index (χ1n) is 8.00. The molecule has 0 saturated carbocycles. The normalized spacial score (nSPS) is 18.0. The molecule has 0 nitrogen and oxygen atoms in total. The third-order valence-electron chi connectivity index (χ3n) is 4.43. The van der Waals surface area contributed by atoms with Gasteiger partial charge >= 0.3 is 47.6 Å². The number of hydrogen-bond donors (Lipinski definition) is 0. The fourth-order valence-corrected chi connectivity index (χ4v) is 3.29. The maximum atomic E-state index is 14.0. The maximum absolute atomic E-state index is 14.0. The first kappa shape index (κ1) is 31.5. The second-order valence-corrected chi connectivity index (χ2v) is 8.26. The molecule has 0 fully saturated rings. The lowest BCUT2D eigenvalue weighted by Gasteiger charge is -2.44. The standard InChI is InChI=1S/C14H12F17I/c1-3-4-6(32)5(2)7(15,16)8(17,18)9(19,20)10(21,22)11(23,24)12(25,26)13(27,28)14(29,30)31/h5-6H,3-4H2,1-2H3. The molecule has 0 amide bonds. The van der Waals surface area contributed by atoms with Crippen molar-refractivity contribution in [3.8, 4) is 0 Å². The van der Waals surface area contributed by atoms with Crippen LogP contribution in [0.1, 0.15) is 26.7 Å². The fraction of sp³-hybridized carbons (Fsp3) is 1.00. The van der Waals surface area contributed by atoms with Crippen LogP contribution in [0.4, 0.5) is 74.6 Å². The van der Waals surface area contributed by atoms with Gasteiger partial charge in [-0.25, -0.2) is 0 Å². The van der Waals surface area contributed by atoms with Crippen molar-refractivity contribution in [3.05, 3.63) is 0 Å². The summed E-state index contributed by atoms with van der Waals surface area (Å²) in [5.41, 5.74) is 0. The lowest BCUT2D eigenvalue weighted by molar-refractivity contribution is -0.463. The van der Waals surface area contributed by atoms with E-state index in [2.05, 4.69) is 0 Å². The zero-order valence-electron chi connectivity index (χ0n) is 15.4. The van der Waals surface area contributed by atoms with Gasteiger partial charge in [0.1, 0.15) is 0 Å². The minimum atomic E-state index is -8.58. The summed E-state index contributed by atoms with van der Waals surface area (Å²) in [5.74, 6) is -58.9. The molecule has 0 aliphatic carbocycles. The second-order valence-electron chi connectivity index (χ2n) is 6.66. The maximum Gasteiger partial charge on any atom is 0.460 e. The van der Waals surface area contributed by atoms with Crippen molar-refractivity contribution in [2.75, 3.05) is 0 Å². The van der Waals surface area contributed by atoms with Crippen LogP contribution in [0.2, 0.25) is 0 Å². The van der Waals surface area contributed by atoms with Crippen LogP contribution in [0.3, 0.4) is 0 Å². The average Bonchev–Trinajstić information content (AvgIpc) is 2.58. The molecule has 32 heavy (non-hydrogen) atoms. The number of hydrogen-bond acceptors (Lipinski definition) is 0. The largest absolute Gasteiger partial charge is 0.460 e. The van der Waals surface area contributed by atoms with Crippen molar-refractivity contribution in [1.29, 1.82) is 0 Å². The summed E-state index contributed by atoms with van der Waals surface area (Å²) in [7, 11) is 0. The van der Waals surface area contributed by atoms with Gasteiger partial charge in [0.05, 0.1) is 0 Å². The first-order valence-corrected chi connectivity index (χ1v) is 9.24. The molecule has 0 rings (SSSR count). The van der Waals surface area contributed by atoms with Crippen LogP contribution in [-0.4, -0.2) is 51.6 Å². The minimum absolute atomic E-state index is 0.0526. The van der Waals surface area contributed by atoms with Crippen molar-refractivity contribution in [2.24, 2.45) is 5.92 Å². The highest BCUT2D eigenvalue weighted by Gasteiger charge is 2.95. The second kappa shape index (κ2) is 8.64. The minimum Gasteiger partial charge on any atom is -0.199 e. The summed E-state index contributed by atoms with van der Waals surface area (Å²) in [6.45, 7) is 1.38. The van der Waals surface area contributed by atoms with Gasteiger partial charge in [0, 0.05) is 9.84 Å². The predicted molar refractivity (Wildman–Crippen MR) is 82.6 cm³/mol. The molecular formula is C14H12F17I. The molecule has 2 atom stereocenters. The Bertz CT molecular complexity index is 650. The summed E-state index contributed by atoms with van der Waals surface area (Å²) in [5, 5.41) is 0. The van der Waals surface area contributed by atoms with E-state index in [1.165, 1.54) is 6.92 Å². The molecule has 0 aromatic carbocycles. The Balaban J connectivity index is 6.72. The van der Waals surface area contributed by atoms with Crippen LogP contribution >= 0.6 is 22.6 Å². The molecule has 0 radical (unpaired) electrons. The summed E-state index contributed by atoms with van der Waals surface area (Å²) in [4.78, 5) is 0. The average molecular weight is 630 g/mol. The lowest BCUT2D eigenvalue weighted by Crippen LogP contribution is -2.75. The van der Waals surface area contributed by atoms with Gasteiger partial charge in [0.2, 0.25) is 0 Å². The lowest BCUT2D eigenvalue weighted by atomic mass is 9.84. The van der Waals surface area contributed by atoms with Gasteiger partial charge in [-0.05, 0) is 6.42 Å². The van der Waals surface area contributed by atoms with E-state index in [0.717, 1.165) is 22.6 Å². The molecule has 0 aliphatic heterocycles. The van der Waals surface area contributed by atoms with E-state index < -0.39 is 63.9 Å². The number of rotatable bonds is 10. The van der Waals surface area contributed by atoms with Crippen LogP contribution in [0.25, 0.3) is 0 Å². The van der Waals surface area contributed by atoms with Gasteiger partial charge in [-0.2, -0.15) is 74.6 Å². The molecule has 0 saturated heterocycles. The molecule has 0 bridgehead atoms. The molecule has 0 spiro atoms. The molecule has 2 unspecified atom stereocenters. The van der Waals surface area contributed by atoms with Crippen molar-refractivity contribution in [2.45, 2.75) is 78.2 Å². The fourth-order valence-electron chi connectivity index (χ4n) is 2.21. The highest BCUT2D eigenvalue weighted by atomic mass is 127. The Morgan fingerprint density at radius 3 is 1.09 bits per heavy atom. The summed E-state index contributed by atoms with van der Waals surface area (Å²) in [6.07, 6.45) is -8.23. The molecule has 0 aromatic heterocycles. The van der Waals surface area contributed by atoms with E-state index in [-0.39, 0.29) is 13.3 Å². The van der Waals surface area contributed by atoms with E-state index >= 15 is 0 Å². The monoisotopic (exact) mass is 630 g/mol. The van der Waals surface area contributed by atoms with E-state index in [0.29, 0.717) is 0 Å². The Labute approximate surface area is 182 Å². The summed E-state index contributed by atoms with van der Waals surface area (Å²) >= 11 is 0.992. The highest BCUT2D eigenvalue weighted by Crippen LogP contribution is 2.64. The molecule has 18 heteroatoms. The third kappa shape index (κ3) is 4.22. The molecule has 0 aromatic rings. The Morgan fingerprint density at radius 2 is 0.812 bits per heavy atom. The van der Waals surface area contributed by atoms with Crippen LogP contribution in [-0.2, 0) is 0 Å². The van der Waals surface area contributed by atoms with Gasteiger partial charge in [0.25, 0.3) is 0 Å². The third-order valence-corrected chi connectivity index (χ3v) is 6.13. The van der Waals surface area contributed by atoms with Crippen LogP contribution in [0.5, 0.6) is 0 Å². The van der Waals surface area contributed by atoms with Crippen molar-refractivity contribution in [1.82, 2.24) is 0 Å². The van der Waals surface area contributed by atoms with E-state index in [4.69, 9.17) is 0 Å². The van der Waals surface area contributed by atoms with Gasteiger partial charge in [-0.1, -0.05) is 42.9 Å². The van der Waals surface area contributed by atoms with Crippen molar-refractivity contribution < 1.29 is 74.6 Å². The van der Waals surface area contributed by atoms with Gasteiger partial charge in [0.15, 0.2) is 0 Å². The number of alkyl halides is 18. The van der Waals surface area contributed by atoms with Crippen molar-refractivity contribution in [3.63, 3.8) is 0 Å². The molecule has 0 heterocycles. The first-order chi connectivity index (χ1) is 13.6. The quantitative estimate of drug-likeness (QED) is 0.130. The van der Waals surface area contributed by atoms with E-state index in [1.54, 1.807) is 0 Å². The predicted octanol–water partition coefficient (Wildman–Crippen LogP) is 8.24.